The number of esters is 1. The molecule has 1 unspecified atom stereocenters. The van der Waals surface area contributed by atoms with Gasteiger partial charge in [-0.15, -0.1) is 0 Å². The molecule has 0 aromatic rings. The van der Waals surface area contributed by atoms with Crippen LogP contribution in [0.4, 0.5) is 0 Å². The summed E-state index contributed by atoms with van der Waals surface area (Å²) >= 11 is 3.41. The SMILES string of the molecule is CCOC(=O)/C=C/N(C(CCCBr)C(C)C)S(=O)(=O)CC[Si](C)(C)C. The van der Waals surface area contributed by atoms with Crippen molar-refractivity contribution in [3.05, 3.63) is 12.3 Å². The van der Waals surface area contributed by atoms with Crippen molar-refractivity contribution in [1.29, 1.82) is 0 Å². The van der Waals surface area contributed by atoms with Gasteiger partial charge in [-0.05, 0) is 31.7 Å². The predicted molar refractivity (Wildman–Crippen MR) is 111 cm³/mol. The van der Waals surface area contributed by atoms with Gasteiger partial charge in [0.2, 0.25) is 10.0 Å². The number of carbonyl (C=O) groups excluding carboxylic acids is 1. The van der Waals surface area contributed by atoms with Gasteiger partial charge in [0, 0.05) is 31.7 Å². The van der Waals surface area contributed by atoms with Gasteiger partial charge in [-0.3, -0.25) is 4.31 Å². The molecule has 0 saturated carbocycles. The van der Waals surface area contributed by atoms with Crippen molar-refractivity contribution >= 4 is 40.0 Å². The second-order valence-corrected chi connectivity index (χ2v) is 16.1. The normalized spacial score (nSPS) is 14.1. The van der Waals surface area contributed by atoms with Gasteiger partial charge in [0.15, 0.2) is 0 Å². The van der Waals surface area contributed by atoms with E-state index in [1.807, 2.05) is 13.8 Å². The molecule has 0 heterocycles. The van der Waals surface area contributed by atoms with Gasteiger partial charge in [0.25, 0.3) is 0 Å². The predicted octanol–water partition coefficient (Wildman–Crippen LogP) is 4.23. The first-order valence-corrected chi connectivity index (χ1v) is 15.3. The fraction of sp³-hybridized carbons (Fsp3) is 0.824. The van der Waals surface area contributed by atoms with E-state index in [9.17, 15) is 13.2 Å². The van der Waals surface area contributed by atoms with Crippen molar-refractivity contribution in [1.82, 2.24) is 4.31 Å². The minimum atomic E-state index is -3.48. The minimum Gasteiger partial charge on any atom is -0.463 e. The molecule has 8 heteroatoms. The molecule has 0 bridgehead atoms. The van der Waals surface area contributed by atoms with Crippen LogP contribution in [0, 0.1) is 5.92 Å². The zero-order chi connectivity index (χ0) is 19.7. The average molecular weight is 457 g/mol. The van der Waals surface area contributed by atoms with Crippen molar-refractivity contribution in [2.75, 3.05) is 17.7 Å². The van der Waals surface area contributed by atoms with Gasteiger partial charge in [-0.1, -0.05) is 49.4 Å². The number of hydrogen-bond acceptors (Lipinski definition) is 4. The second kappa shape index (κ2) is 11.4. The third-order valence-electron chi connectivity index (χ3n) is 3.81. The lowest BCUT2D eigenvalue weighted by atomic mass is 10.00. The van der Waals surface area contributed by atoms with Crippen LogP contribution in [-0.2, 0) is 19.6 Å². The Labute approximate surface area is 163 Å². The van der Waals surface area contributed by atoms with E-state index in [1.54, 1.807) is 6.92 Å². The first kappa shape index (κ1) is 24.7. The Morgan fingerprint density at radius 1 is 1.28 bits per heavy atom. The number of nitrogens with zero attached hydrogens (tertiary/aromatic N) is 1. The fourth-order valence-corrected chi connectivity index (χ4v) is 7.34. The third kappa shape index (κ3) is 10.4. The van der Waals surface area contributed by atoms with Crippen LogP contribution in [0.2, 0.25) is 25.7 Å². The molecular weight excluding hydrogens is 422 g/mol. The maximum atomic E-state index is 13.0. The van der Waals surface area contributed by atoms with Crippen molar-refractivity contribution in [3.8, 4) is 0 Å². The van der Waals surface area contributed by atoms with Crippen molar-refractivity contribution < 1.29 is 17.9 Å². The highest BCUT2D eigenvalue weighted by molar-refractivity contribution is 9.09. The summed E-state index contributed by atoms with van der Waals surface area (Å²) < 4.78 is 32.3. The molecule has 0 rings (SSSR count). The monoisotopic (exact) mass is 455 g/mol. The highest BCUT2D eigenvalue weighted by Gasteiger charge is 2.30. The van der Waals surface area contributed by atoms with Gasteiger partial charge < -0.3 is 4.74 Å². The third-order valence-corrected chi connectivity index (χ3v) is 8.23. The molecule has 1 atom stereocenters. The standard InChI is InChI=1S/C17H34BrNO4SSi/c1-7-23-17(20)10-12-19(16(15(2)3)9-8-11-18)24(21,22)13-14-25(4,5)6/h10,12,15-16H,7-9,11,13-14H2,1-6H3/b12-10+. The molecule has 0 aliphatic heterocycles. The van der Waals surface area contributed by atoms with E-state index in [0.717, 1.165) is 18.2 Å². The zero-order valence-corrected chi connectivity index (χ0v) is 19.8. The topological polar surface area (TPSA) is 63.7 Å². The number of hydrogen-bond donors (Lipinski definition) is 0. The summed E-state index contributed by atoms with van der Waals surface area (Å²) in [5.74, 6) is -0.253. The molecule has 5 nitrogen and oxygen atoms in total. The van der Waals surface area contributed by atoms with Crippen molar-refractivity contribution in [3.63, 3.8) is 0 Å². The molecule has 0 aliphatic rings. The van der Waals surface area contributed by atoms with Crippen LogP contribution in [0.1, 0.15) is 33.6 Å². The molecule has 0 N–H and O–H groups in total. The lowest BCUT2D eigenvalue weighted by molar-refractivity contribution is -0.137. The maximum absolute atomic E-state index is 13.0. The summed E-state index contributed by atoms with van der Waals surface area (Å²) in [4.78, 5) is 11.7. The lowest BCUT2D eigenvalue weighted by Crippen LogP contribution is -2.42. The Bertz CT molecular complexity index is 529. The van der Waals surface area contributed by atoms with Crippen LogP contribution < -0.4 is 0 Å². The lowest BCUT2D eigenvalue weighted by Gasteiger charge is -2.33. The number of rotatable bonds is 12. The zero-order valence-electron chi connectivity index (χ0n) is 16.4. The molecule has 0 aliphatic carbocycles. The highest BCUT2D eigenvalue weighted by Crippen LogP contribution is 2.23. The van der Waals surface area contributed by atoms with Crippen molar-refractivity contribution in [2.24, 2.45) is 5.92 Å². The summed E-state index contributed by atoms with van der Waals surface area (Å²) in [6.45, 7) is 12.5. The van der Waals surface area contributed by atoms with Crippen LogP contribution in [0.3, 0.4) is 0 Å². The van der Waals surface area contributed by atoms with Crippen LogP contribution in [0.5, 0.6) is 0 Å². The van der Waals surface area contributed by atoms with Crippen LogP contribution in [0.15, 0.2) is 12.3 Å². The van der Waals surface area contributed by atoms with E-state index >= 15 is 0 Å². The summed E-state index contributed by atoms with van der Waals surface area (Å²) in [5, 5.41) is 0.820. The second-order valence-electron chi connectivity index (χ2n) is 7.67. The van der Waals surface area contributed by atoms with Gasteiger partial charge in [0.05, 0.1) is 12.4 Å². The van der Waals surface area contributed by atoms with E-state index < -0.39 is 24.1 Å². The number of alkyl halides is 1. The van der Waals surface area contributed by atoms with E-state index in [1.165, 1.54) is 16.6 Å². The smallest absolute Gasteiger partial charge is 0.332 e. The number of carbonyl (C=O) groups is 1. The molecule has 0 aromatic carbocycles. The maximum Gasteiger partial charge on any atom is 0.332 e. The van der Waals surface area contributed by atoms with E-state index in [4.69, 9.17) is 4.74 Å². The van der Waals surface area contributed by atoms with Crippen LogP contribution >= 0.6 is 15.9 Å². The molecule has 0 amide bonds. The van der Waals surface area contributed by atoms with Crippen molar-refractivity contribution in [2.45, 2.75) is 65.3 Å². The summed E-state index contributed by atoms with van der Waals surface area (Å²) in [5.41, 5.74) is 0. The van der Waals surface area contributed by atoms with Crippen LogP contribution in [0.25, 0.3) is 0 Å². The van der Waals surface area contributed by atoms with Gasteiger partial charge in [-0.25, -0.2) is 13.2 Å². The Morgan fingerprint density at radius 2 is 1.88 bits per heavy atom. The summed E-state index contributed by atoms with van der Waals surface area (Å²) in [7, 11) is -4.97. The van der Waals surface area contributed by atoms with E-state index in [2.05, 4.69) is 35.6 Å². The Kier molecular flexibility index (Phi) is 11.2. The molecule has 148 valence electrons. The molecule has 0 spiro atoms. The average Bonchev–Trinajstić information content (AvgIpc) is 2.47. The number of halogens is 1. The van der Waals surface area contributed by atoms with Crippen LogP contribution in [-0.4, -0.2) is 50.5 Å². The van der Waals surface area contributed by atoms with Gasteiger partial charge >= 0.3 is 5.97 Å². The van der Waals surface area contributed by atoms with E-state index in [0.29, 0.717) is 6.04 Å². The Hall–Kier alpha value is -0.343. The fourth-order valence-electron chi connectivity index (χ4n) is 2.32. The molecule has 0 radical (unpaired) electrons. The Balaban J connectivity index is 5.58. The summed E-state index contributed by atoms with van der Waals surface area (Å²) in [6, 6.07) is 0.525. The molecule has 0 saturated heterocycles. The summed E-state index contributed by atoms with van der Waals surface area (Å²) in [6.07, 6.45) is 4.23. The number of ether oxygens (including phenoxy) is 1. The first-order valence-electron chi connectivity index (χ1n) is 8.86. The molecular formula is C17H34BrNO4SSi. The molecule has 0 aromatic heterocycles. The largest absolute Gasteiger partial charge is 0.463 e. The molecule has 0 fully saturated rings. The van der Waals surface area contributed by atoms with E-state index in [-0.39, 0.29) is 24.3 Å². The highest BCUT2D eigenvalue weighted by atomic mass is 79.9. The first-order chi connectivity index (χ1) is 11.4. The van der Waals surface area contributed by atoms with Gasteiger partial charge in [-0.2, -0.15) is 0 Å². The minimum absolute atomic E-state index is 0.118. The quantitative estimate of drug-likeness (QED) is 0.191. The molecule has 25 heavy (non-hydrogen) atoms. The number of sulfonamides is 1. The van der Waals surface area contributed by atoms with Gasteiger partial charge in [0.1, 0.15) is 0 Å². The Morgan fingerprint density at radius 3 is 2.32 bits per heavy atom.